The van der Waals surface area contributed by atoms with Crippen molar-refractivity contribution in [1.82, 2.24) is 4.98 Å². The highest BCUT2D eigenvalue weighted by atomic mass is 32.1. The Kier molecular flexibility index (Phi) is 6.37. The lowest BCUT2D eigenvalue weighted by atomic mass is 10.1. The molecule has 0 atom stereocenters. The largest absolute Gasteiger partial charge is 0.494 e. The molecular weight excluding hydrogens is 438 g/mol. The van der Waals surface area contributed by atoms with Gasteiger partial charge in [-0.25, -0.2) is 14.8 Å². The molecule has 0 fully saturated rings. The molecule has 0 saturated carbocycles. The lowest BCUT2D eigenvalue weighted by Crippen LogP contribution is -2.24. The number of cyclic esters (lactones) is 1. The van der Waals surface area contributed by atoms with E-state index in [0.29, 0.717) is 23.0 Å². The fraction of sp³-hybridized carbons (Fsp3) is 0.200. The van der Waals surface area contributed by atoms with E-state index in [9.17, 15) is 9.59 Å². The van der Waals surface area contributed by atoms with Gasteiger partial charge in [-0.1, -0.05) is 18.2 Å². The van der Waals surface area contributed by atoms with Gasteiger partial charge in [0, 0.05) is 17.9 Å². The number of aromatic nitrogens is 1. The van der Waals surface area contributed by atoms with Crippen LogP contribution in [-0.4, -0.2) is 29.4 Å². The molecule has 1 aliphatic heterocycles. The molecule has 2 aromatic carbocycles. The predicted octanol–water partition coefficient (Wildman–Crippen LogP) is 5.19. The second kappa shape index (κ2) is 9.38. The van der Waals surface area contributed by atoms with Crippen LogP contribution in [0.15, 0.2) is 58.5 Å². The van der Waals surface area contributed by atoms with Gasteiger partial charge < -0.3 is 9.47 Å². The van der Waals surface area contributed by atoms with Crippen LogP contribution in [0.5, 0.6) is 5.75 Å². The first-order valence-electron chi connectivity index (χ1n) is 10.5. The molecule has 0 unspecified atom stereocenters. The first kappa shape index (κ1) is 22.4. The number of anilines is 2. The Morgan fingerprint density at radius 1 is 1.15 bits per heavy atom. The molecule has 1 amide bonds. The number of hydrogen-bond acceptors (Lipinski definition) is 7. The molecule has 1 aliphatic rings. The number of nitrogens with zero attached hydrogens (tertiary/aromatic N) is 3. The Morgan fingerprint density at radius 3 is 2.48 bits per heavy atom. The molecule has 0 radical (unpaired) electrons. The maximum Gasteiger partial charge on any atom is 0.363 e. The summed E-state index contributed by atoms with van der Waals surface area (Å²) in [6, 6.07) is 13.0. The third-order valence-corrected chi connectivity index (χ3v) is 5.84. The van der Waals surface area contributed by atoms with Gasteiger partial charge in [-0.15, -0.1) is 11.3 Å². The van der Waals surface area contributed by atoms with Crippen LogP contribution in [-0.2, 0) is 14.3 Å². The molecule has 0 bridgehead atoms. The summed E-state index contributed by atoms with van der Waals surface area (Å²) < 4.78 is 10.8. The summed E-state index contributed by atoms with van der Waals surface area (Å²) >= 11 is 1.32. The summed E-state index contributed by atoms with van der Waals surface area (Å²) in [7, 11) is 0. The summed E-state index contributed by atoms with van der Waals surface area (Å²) in [6.07, 6.45) is 1.56. The van der Waals surface area contributed by atoms with E-state index in [2.05, 4.69) is 9.98 Å². The first-order valence-corrected chi connectivity index (χ1v) is 11.3. The number of hydrogen-bond donors (Lipinski definition) is 0. The van der Waals surface area contributed by atoms with Crippen LogP contribution in [0.1, 0.15) is 36.2 Å². The van der Waals surface area contributed by atoms with E-state index in [1.807, 2.05) is 39.0 Å². The van der Waals surface area contributed by atoms with Crippen LogP contribution in [0.4, 0.5) is 10.8 Å². The minimum Gasteiger partial charge on any atom is -0.494 e. The molecule has 2 heterocycles. The summed E-state index contributed by atoms with van der Waals surface area (Å²) in [5.41, 5.74) is 4.11. The van der Waals surface area contributed by atoms with Crippen molar-refractivity contribution in [1.29, 1.82) is 0 Å². The van der Waals surface area contributed by atoms with E-state index < -0.39 is 5.97 Å². The molecule has 0 spiro atoms. The quantitative estimate of drug-likeness (QED) is 0.373. The summed E-state index contributed by atoms with van der Waals surface area (Å²) in [5, 5.41) is 2.30. The molecule has 0 saturated heterocycles. The first-order chi connectivity index (χ1) is 15.9. The number of aryl methyl sites for hydroxylation is 2. The van der Waals surface area contributed by atoms with E-state index in [4.69, 9.17) is 9.47 Å². The lowest BCUT2D eigenvalue weighted by Gasteiger charge is -2.22. The van der Waals surface area contributed by atoms with Gasteiger partial charge in [-0.3, -0.25) is 9.69 Å². The fourth-order valence-electron chi connectivity index (χ4n) is 3.52. The molecule has 168 valence electrons. The number of thiazole rings is 1. The molecule has 3 aromatic rings. The summed E-state index contributed by atoms with van der Waals surface area (Å²) in [4.78, 5) is 35.4. The Hall–Kier alpha value is -3.78. The van der Waals surface area contributed by atoms with Gasteiger partial charge in [0.2, 0.25) is 11.8 Å². The van der Waals surface area contributed by atoms with Crippen molar-refractivity contribution in [2.75, 3.05) is 11.5 Å². The van der Waals surface area contributed by atoms with Gasteiger partial charge >= 0.3 is 5.97 Å². The second-order valence-electron chi connectivity index (χ2n) is 7.44. The van der Waals surface area contributed by atoms with Gasteiger partial charge in [-0.2, -0.15) is 0 Å². The number of benzene rings is 2. The number of para-hydroxylation sites is 1. The topological polar surface area (TPSA) is 81.1 Å². The van der Waals surface area contributed by atoms with Crippen molar-refractivity contribution >= 4 is 46.0 Å². The molecular formula is C25H23N3O4S. The maximum atomic E-state index is 12.5. The average Bonchev–Trinajstić information content (AvgIpc) is 3.38. The van der Waals surface area contributed by atoms with E-state index in [1.54, 1.807) is 40.6 Å². The van der Waals surface area contributed by atoms with Crippen LogP contribution in [0.3, 0.4) is 0 Å². The third-order valence-electron chi connectivity index (χ3n) is 5.00. The fourth-order valence-corrected chi connectivity index (χ4v) is 4.35. The SMILES string of the molecule is CCOc1ccc(C2=N/C(=C\c3csc(N(C(C)=O)c4c(C)cccc4C)n3)C(=O)O2)cc1. The lowest BCUT2D eigenvalue weighted by molar-refractivity contribution is -0.130. The van der Waals surface area contributed by atoms with Crippen molar-refractivity contribution < 1.29 is 19.1 Å². The molecule has 1 aromatic heterocycles. The van der Waals surface area contributed by atoms with Crippen LogP contribution in [0.2, 0.25) is 0 Å². The van der Waals surface area contributed by atoms with E-state index in [1.165, 1.54) is 18.3 Å². The normalized spacial score (nSPS) is 14.2. The molecule has 4 rings (SSSR count). The summed E-state index contributed by atoms with van der Waals surface area (Å²) in [6.45, 7) is 7.91. The maximum absolute atomic E-state index is 12.5. The zero-order chi connectivity index (χ0) is 23.5. The number of aliphatic imine (C=N–C) groups is 1. The van der Waals surface area contributed by atoms with Crippen molar-refractivity contribution in [3.05, 3.63) is 75.9 Å². The standard InChI is InChI=1S/C25H23N3O4S/c1-5-31-20-11-9-18(10-12-20)23-27-21(24(30)32-23)13-19-14-33-25(26-19)28(17(4)29)22-15(2)7-6-8-16(22)3/h6-14H,5H2,1-4H3/b21-13-. The average molecular weight is 462 g/mol. The van der Waals surface area contributed by atoms with Crippen molar-refractivity contribution in [3.8, 4) is 5.75 Å². The number of ether oxygens (including phenoxy) is 2. The number of amides is 1. The smallest absolute Gasteiger partial charge is 0.363 e. The summed E-state index contributed by atoms with van der Waals surface area (Å²) in [5.74, 6) is 0.269. The van der Waals surface area contributed by atoms with E-state index in [0.717, 1.165) is 22.6 Å². The van der Waals surface area contributed by atoms with Gasteiger partial charge in [-0.05, 0) is 62.2 Å². The molecule has 33 heavy (non-hydrogen) atoms. The second-order valence-corrected chi connectivity index (χ2v) is 8.28. The Bertz CT molecular complexity index is 1250. The molecule has 8 heteroatoms. The van der Waals surface area contributed by atoms with Crippen LogP contribution in [0.25, 0.3) is 6.08 Å². The molecule has 0 aliphatic carbocycles. The van der Waals surface area contributed by atoms with Crippen LogP contribution < -0.4 is 9.64 Å². The van der Waals surface area contributed by atoms with E-state index >= 15 is 0 Å². The van der Waals surface area contributed by atoms with Crippen LogP contribution >= 0.6 is 11.3 Å². The van der Waals surface area contributed by atoms with Gasteiger partial charge in [0.15, 0.2) is 10.8 Å². The van der Waals surface area contributed by atoms with Crippen molar-refractivity contribution in [2.24, 2.45) is 4.99 Å². The van der Waals surface area contributed by atoms with Crippen molar-refractivity contribution in [2.45, 2.75) is 27.7 Å². The minimum atomic E-state index is -0.549. The highest BCUT2D eigenvalue weighted by Crippen LogP contribution is 2.34. The number of rotatable bonds is 6. The van der Waals surface area contributed by atoms with Crippen LogP contribution in [0, 0.1) is 13.8 Å². The van der Waals surface area contributed by atoms with Crippen molar-refractivity contribution in [3.63, 3.8) is 0 Å². The van der Waals surface area contributed by atoms with Gasteiger partial charge in [0.25, 0.3) is 0 Å². The number of carbonyl (C=O) groups is 2. The van der Waals surface area contributed by atoms with Gasteiger partial charge in [0.05, 0.1) is 18.0 Å². The highest BCUT2D eigenvalue weighted by Gasteiger charge is 2.25. The third kappa shape index (κ3) is 4.70. The zero-order valence-electron chi connectivity index (χ0n) is 18.8. The van der Waals surface area contributed by atoms with Gasteiger partial charge in [0.1, 0.15) is 5.75 Å². The highest BCUT2D eigenvalue weighted by molar-refractivity contribution is 7.14. The number of carbonyl (C=O) groups excluding carboxylic acids is 2. The number of esters is 1. The zero-order valence-corrected chi connectivity index (χ0v) is 19.6. The monoisotopic (exact) mass is 461 g/mol. The molecule has 0 N–H and O–H groups in total. The predicted molar refractivity (Wildman–Crippen MR) is 129 cm³/mol. The Balaban J connectivity index is 1.62. The Labute approximate surface area is 196 Å². The Morgan fingerprint density at radius 2 is 1.85 bits per heavy atom. The molecule has 7 nitrogen and oxygen atoms in total. The minimum absolute atomic E-state index is 0.142. The van der Waals surface area contributed by atoms with E-state index in [-0.39, 0.29) is 17.5 Å².